The van der Waals surface area contributed by atoms with E-state index in [0.717, 1.165) is 23.4 Å². The Hall–Kier alpha value is -2.10. The van der Waals surface area contributed by atoms with Crippen molar-refractivity contribution in [2.75, 3.05) is 12.4 Å². The van der Waals surface area contributed by atoms with Crippen LogP contribution in [0, 0.1) is 6.92 Å². The van der Waals surface area contributed by atoms with Gasteiger partial charge >= 0.3 is 5.97 Å². The molecule has 0 saturated carbocycles. The minimum Gasteiger partial charge on any atom is -0.466 e. The SMILES string of the molecule is COC(=O)/C=C/C(=O)Nc1ccccc1C. The summed E-state index contributed by atoms with van der Waals surface area (Å²) in [6.45, 7) is 1.89. The summed E-state index contributed by atoms with van der Waals surface area (Å²) < 4.78 is 4.37. The lowest BCUT2D eigenvalue weighted by Crippen LogP contribution is -2.09. The third-order valence-electron chi connectivity index (χ3n) is 1.97. The lowest BCUT2D eigenvalue weighted by Gasteiger charge is -2.04. The van der Waals surface area contributed by atoms with Gasteiger partial charge in [-0.15, -0.1) is 0 Å². The van der Waals surface area contributed by atoms with E-state index >= 15 is 0 Å². The Balaban J connectivity index is 2.62. The number of esters is 1. The quantitative estimate of drug-likeness (QED) is 0.621. The van der Waals surface area contributed by atoms with Gasteiger partial charge in [0.25, 0.3) is 0 Å². The van der Waals surface area contributed by atoms with Crippen molar-refractivity contribution in [2.24, 2.45) is 0 Å². The number of nitrogens with one attached hydrogen (secondary N) is 1. The number of benzene rings is 1. The summed E-state index contributed by atoms with van der Waals surface area (Å²) in [6, 6.07) is 7.39. The first-order valence-electron chi connectivity index (χ1n) is 4.76. The van der Waals surface area contributed by atoms with E-state index < -0.39 is 5.97 Å². The van der Waals surface area contributed by atoms with Crippen LogP contribution in [0.25, 0.3) is 0 Å². The fraction of sp³-hybridized carbons (Fsp3) is 0.167. The van der Waals surface area contributed by atoms with Gasteiger partial charge < -0.3 is 10.1 Å². The highest BCUT2D eigenvalue weighted by molar-refractivity contribution is 6.02. The van der Waals surface area contributed by atoms with Crippen LogP contribution in [-0.2, 0) is 14.3 Å². The second-order valence-electron chi connectivity index (χ2n) is 3.16. The first-order chi connectivity index (χ1) is 7.63. The summed E-state index contributed by atoms with van der Waals surface area (Å²) >= 11 is 0. The van der Waals surface area contributed by atoms with Crippen LogP contribution in [0.1, 0.15) is 5.56 Å². The smallest absolute Gasteiger partial charge is 0.330 e. The highest BCUT2D eigenvalue weighted by atomic mass is 16.5. The number of amides is 1. The van der Waals surface area contributed by atoms with Crippen molar-refractivity contribution >= 4 is 17.6 Å². The fourth-order valence-electron chi connectivity index (χ4n) is 1.10. The van der Waals surface area contributed by atoms with Gasteiger partial charge in [-0.3, -0.25) is 4.79 Å². The Kier molecular flexibility index (Phi) is 4.27. The zero-order chi connectivity index (χ0) is 12.0. The van der Waals surface area contributed by atoms with Gasteiger partial charge in [0.2, 0.25) is 5.91 Å². The number of rotatable bonds is 3. The van der Waals surface area contributed by atoms with Crippen molar-refractivity contribution in [3.05, 3.63) is 42.0 Å². The number of hydrogen-bond donors (Lipinski definition) is 1. The normalized spacial score (nSPS) is 10.1. The molecule has 0 spiro atoms. The molecule has 0 aliphatic carbocycles. The van der Waals surface area contributed by atoms with Crippen LogP contribution in [0.5, 0.6) is 0 Å². The molecule has 0 aliphatic rings. The number of ether oxygens (including phenoxy) is 1. The monoisotopic (exact) mass is 219 g/mol. The van der Waals surface area contributed by atoms with Crippen LogP contribution in [0.4, 0.5) is 5.69 Å². The molecule has 16 heavy (non-hydrogen) atoms. The van der Waals surface area contributed by atoms with Crippen molar-refractivity contribution in [1.29, 1.82) is 0 Å². The van der Waals surface area contributed by atoms with E-state index in [2.05, 4.69) is 10.1 Å². The molecular formula is C12H13NO3. The van der Waals surface area contributed by atoms with Crippen molar-refractivity contribution in [2.45, 2.75) is 6.92 Å². The van der Waals surface area contributed by atoms with Gasteiger partial charge in [-0.25, -0.2) is 4.79 Å². The third-order valence-corrected chi connectivity index (χ3v) is 1.97. The topological polar surface area (TPSA) is 55.4 Å². The third kappa shape index (κ3) is 3.57. The Morgan fingerprint density at radius 2 is 1.94 bits per heavy atom. The number of hydrogen-bond acceptors (Lipinski definition) is 3. The molecule has 84 valence electrons. The minimum atomic E-state index is -0.556. The van der Waals surface area contributed by atoms with Crippen LogP contribution in [-0.4, -0.2) is 19.0 Å². The molecule has 0 heterocycles. The lowest BCUT2D eigenvalue weighted by molar-refractivity contribution is -0.135. The van der Waals surface area contributed by atoms with E-state index in [1.807, 2.05) is 25.1 Å². The molecule has 4 heteroatoms. The molecule has 1 aromatic carbocycles. The zero-order valence-corrected chi connectivity index (χ0v) is 9.19. The molecule has 1 aromatic rings. The molecule has 0 bridgehead atoms. The number of aryl methyl sites for hydroxylation is 1. The standard InChI is InChI=1S/C12H13NO3/c1-9-5-3-4-6-10(9)13-11(14)7-8-12(15)16-2/h3-8H,1-2H3,(H,13,14)/b8-7+. The van der Waals surface area contributed by atoms with Crippen molar-refractivity contribution in [3.8, 4) is 0 Å². The summed E-state index contributed by atoms with van der Waals surface area (Å²) in [4.78, 5) is 22.1. The Morgan fingerprint density at radius 3 is 2.56 bits per heavy atom. The van der Waals surface area contributed by atoms with E-state index in [4.69, 9.17) is 0 Å². The average molecular weight is 219 g/mol. The van der Waals surface area contributed by atoms with Gasteiger partial charge in [-0.05, 0) is 18.6 Å². The summed E-state index contributed by atoms with van der Waals surface area (Å²) in [5.41, 5.74) is 1.68. The maximum Gasteiger partial charge on any atom is 0.330 e. The second-order valence-corrected chi connectivity index (χ2v) is 3.16. The van der Waals surface area contributed by atoms with Crippen LogP contribution in [0.3, 0.4) is 0 Å². The number of anilines is 1. The number of methoxy groups -OCH3 is 1. The fourth-order valence-corrected chi connectivity index (χ4v) is 1.10. The van der Waals surface area contributed by atoms with Crippen LogP contribution in [0.15, 0.2) is 36.4 Å². The highest BCUT2D eigenvalue weighted by Gasteiger charge is 2.01. The molecule has 0 fully saturated rings. The zero-order valence-electron chi connectivity index (χ0n) is 9.19. The van der Waals surface area contributed by atoms with Crippen molar-refractivity contribution in [1.82, 2.24) is 0 Å². The molecule has 4 nitrogen and oxygen atoms in total. The highest BCUT2D eigenvalue weighted by Crippen LogP contribution is 2.12. The predicted octanol–water partition coefficient (Wildman–Crippen LogP) is 1.66. The van der Waals surface area contributed by atoms with Crippen LogP contribution >= 0.6 is 0 Å². The maximum atomic E-state index is 11.4. The van der Waals surface area contributed by atoms with Gasteiger partial charge in [0.05, 0.1) is 7.11 Å². The summed E-state index contributed by atoms with van der Waals surface area (Å²) in [5, 5.41) is 2.66. The Morgan fingerprint density at radius 1 is 1.25 bits per heavy atom. The van der Waals surface area contributed by atoms with E-state index in [0.29, 0.717) is 0 Å². The molecule has 0 unspecified atom stereocenters. The molecule has 0 saturated heterocycles. The molecule has 0 atom stereocenters. The molecule has 1 N–H and O–H groups in total. The lowest BCUT2D eigenvalue weighted by atomic mass is 10.2. The largest absolute Gasteiger partial charge is 0.466 e. The molecule has 0 aliphatic heterocycles. The summed E-state index contributed by atoms with van der Waals surface area (Å²) in [7, 11) is 1.26. The Bertz CT molecular complexity index is 424. The van der Waals surface area contributed by atoms with Gasteiger partial charge in [-0.2, -0.15) is 0 Å². The summed E-state index contributed by atoms with van der Waals surface area (Å²) in [6.07, 6.45) is 2.21. The maximum absolute atomic E-state index is 11.4. The summed E-state index contributed by atoms with van der Waals surface area (Å²) in [5.74, 6) is -0.917. The predicted molar refractivity (Wildman–Crippen MR) is 61.0 cm³/mol. The van der Waals surface area contributed by atoms with Crippen LogP contribution < -0.4 is 5.32 Å². The first-order valence-corrected chi connectivity index (χ1v) is 4.76. The van der Waals surface area contributed by atoms with Crippen molar-refractivity contribution in [3.63, 3.8) is 0 Å². The average Bonchev–Trinajstić information content (AvgIpc) is 2.29. The molecule has 1 rings (SSSR count). The van der Waals surface area contributed by atoms with E-state index in [9.17, 15) is 9.59 Å². The second kappa shape index (κ2) is 5.70. The molecular weight excluding hydrogens is 206 g/mol. The van der Waals surface area contributed by atoms with E-state index in [-0.39, 0.29) is 5.91 Å². The molecule has 1 amide bonds. The van der Waals surface area contributed by atoms with Crippen LogP contribution in [0.2, 0.25) is 0 Å². The first kappa shape index (κ1) is 12.0. The van der Waals surface area contributed by atoms with E-state index in [1.54, 1.807) is 6.07 Å². The van der Waals surface area contributed by atoms with Gasteiger partial charge in [0, 0.05) is 17.8 Å². The van der Waals surface area contributed by atoms with Crippen molar-refractivity contribution < 1.29 is 14.3 Å². The minimum absolute atomic E-state index is 0.361. The number of carbonyl (C=O) groups is 2. The molecule has 0 aromatic heterocycles. The molecule has 0 radical (unpaired) electrons. The number of para-hydroxylation sites is 1. The van der Waals surface area contributed by atoms with Gasteiger partial charge in [-0.1, -0.05) is 18.2 Å². The number of carbonyl (C=O) groups excluding carboxylic acids is 2. The van der Waals surface area contributed by atoms with E-state index in [1.165, 1.54) is 7.11 Å². The Labute approximate surface area is 93.9 Å². The van der Waals surface area contributed by atoms with Gasteiger partial charge in [0.15, 0.2) is 0 Å². The van der Waals surface area contributed by atoms with Gasteiger partial charge in [0.1, 0.15) is 0 Å².